The van der Waals surface area contributed by atoms with E-state index in [9.17, 15) is 18.0 Å². The van der Waals surface area contributed by atoms with Gasteiger partial charge in [-0.05, 0) is 24.8 Å². The van der Waals surface area contributed by atoms with Crippen molar-refractivity contribution in [1.82, 2.24) is 5.32 Å². The molecule has 27 heavy (non-hydrogen) atoms. The van der Waals surface area contributed by atoms with Crippen molar-refractivity contribution in [3.05, 3.63) is 48.6 Å². The molecular weight excluding hydrogens is 363 g/mol. The normalized spacial score (nSPS) is 19.9. The Hall–Kier alpha value is -1.90. The Morgan fingerprint density at radius 3 is 2.67 bits per heavy atom. The Kier molecular flexibility index (Phi) is 8.27. The summed E-state index contributed by atoms with van der Waals surface area (Å²) < 4.78 is 55.2. The molecule has 0 spiro atoms. The number of hydrogen-bond acceptors (Lipinski definition) is 4. The second kappa shape index (κ2) is 10.4. The van der Waals surface area contributed by atoms with Crippen LogP contribution in [-0.2, 0) is 19.0 Å². The maximum absolute atomic E-state index is 12.8. The number of carbonyl (C=O) groups excluding carboxylic acids is 1. The first-order valence-corrected chi connectivity index (χ1v) is 8.80. The Bertz CT molecular complexity index is 588. The molecule has 1 N–H and O–H groups in total. The predicted octanol–water partition coefficient (Wildman–Crippen LogP) is 3.52. The number of ether oxygens (including phenoxy) is 3. The van der Waals surface area contributed by atoms with Crippen molar-refractivity contribution >= 4 is 5.91 Å². The molecule has 0 saturated carbocycles. The van der Waals surface area contributed by atoms with Gasteiger partial charge in [0.25, 0.3) is 0 Å². The van der Waals surface area contributed by atoms with Gasteiger partial charge in [0.1, 0.15) is 6.10 Å². The van der Waals surface area contributed by atoms with E-state index >= 15 is 0 Å². The van der Waals surface area contributed by atoms with Crippen LogP contribution in [0.3, 0.4) is 0 Å². The summed E-state index contributed by atoms with van der Waals surface area (Å²) in [7, 11) is 0. The van der Waals surface area contributed by atoms with Crippen LogP contribution in [0.2, 0.25) is 0 Å². The van der Waals surface area contributed by atoms with Gasteiger partial charge in [-0.3, -0.25) is 4.79 Å². The van der Waals surface area contributed by atoms with E-state index in [-0.39, 0.29) is 13.2 Å². The second-order valence-electron chi connectivity index (χ2n) is 6.15. The van der Waals surface area contributed by atoms with Crippen LogP contribution >= 0.6 is 0 Å². The minimum Gasteiger partial charge on any atom is -0.369 e. The molecule has 1 amide bonds. The molecule has 0 bridgehead atoms. The number of nitrogens with one attached hydrogen (secondary N) is 1. The highest BCUT2D eigenvalue weighted by Gasteiger charge is 2.41. The van der Waals surface area contributed by atoms with Crippen molar-refractivity contribution in [2.24, 2.45) is 0 Å². The molecule has 1 aliphatic rings. The van der Waals surface area contributed by atoms with Crippen LogP contribution in [-0.4, -0.2) is 44.3 Å². The molecule has 1 aromatic carbocycles. The Morgan fingerprint density at radius 2 is 2.07 bits per heavy atom. The molecule has 8 heteroatoms. The van der Waals surface area contributed by atoms with Crippen LogP contribution in [0.15, 0.2) is 43.0 Å². The summed E-state index contributed by atoms with van der Waals surface area (Å²) in [6.07, 6.45) is -2.17. The zero-order valence-electron chi connectivity index (χ0n) is 14.9. The third kappa shape index (κ3) is 6.97. The van der Waals surface area contributed by atoms with Crippen molar-refractivity contribution in [3.8, 4) is 0 Å². The summed E-state index contributed by atoms with van der Waals surface area (Å²) in [5, 5.41) is 2.03. The zero-order valence-corrected chi connectivity index (χ0v) is 14.9. The number of amides is 1. The molecule has 150 valence electrons. The highest BCUT2D eigenvalue weighted by Crippen LogP contribution is 2.24. The van der Waals surface area contributed by atoms with E-state index in [0.717, 1.165) is 12.8 Å². The zero-order chi connectivity index (χ0) is 19.7. The number of carbonyl (C=O) groups is 1. The first kappa shape index (κ1) is 21.4. The molecule has 3 unspecified atom stereocenters. The van der Waals surface area contributed by atoms with E-state index < -0.39 is 30.5 Å². The topological polar surface area (TPSA) is 56.8 Å². The van der Waals surface area contributed by atoms with Crippen LogP contribution in [0.1, 0.15) is 30.9 Å². The van der Waals surface area contributed by atoms with E-state index in [2.05, 4.69) is 6.58 Å². The molecule has 1 saturated heterocycles. The lowest BCUT2D eigenvalue weighted by molar-refractivity contribution is -0.186. The van der Waals surface area contributed by atoms with Crippen LogP contribution in [0.5, 0.6) is 0 Å². The van der Waals surface area contributed by atoms with E-state index in [1.54, 1.807) is 30.3 Å². The van der Waals surface area contributed by atoms with Crippen LogP contribution < -0.4 is 5.32 Å². The highest BCUT2D eigenvalue weighted by atomic mass is 19.4. The molecule has 1 heterocycles. The van der Waals surface area contributed by atoms with Crippen molar-refractivity contribution in [1.29, 1.82) is 0 Å². The van der Waals surface area contributed by atoms with Gasteiger partial charge < -0.3 is 19.5 Å². The average molecular weight is 387 g/mol. The molecule has 0 radical (unpaired) electrons. The minimum absolute atomic E-state index is 0.0315. The number of hydrogen-bond donors (Lipinski definition) is 1. The third-order valence-electron chi connectivity index (χ3n) is 4.09. The summed E-state index contributed by atoms with van der Waals surface area (Å²) in [5.74, 6) is -2.03. The lowest BCUT2D eigenvalue weighted by atomic mass is 10.0. The van der Waals surface area contributed by atoms with E-state index in [0.29, 0.717) is 18.6 Å². The van der Waals surface area contributed by atoms with Crippen molar-refractivity contribution in [3.63, 3.8) is 0 Å². The molecule has 5 nitrogen and oxygen atoms in total. The van der Waals surface area contributed by atoms with Gasteiger partial charge in [-0.2, -0.15) is 13.2 Å². The van der Waals surface area contributed by atoms with Gasteiger partial charge in [0.15, 0.2) is 6.29 Å². The molecule has 2 rings (SSSR count). The molecule has 0 aromatic heterocycles. The van der Waals surface area contributed by atoms with Gasteiger partial charge in [-0.15, -0.1) is 6.58 Å². The molecule has 1 fully saturated rings. The maximum atomic E-state index is 12.8. The molecule has 1 aliphatic heterocycles. The Labute approximate surface area is 156 Å². The molecule has 3 atom stereocenters. The predicted molar refractivity (Wildman–Crippen MR) is 92.9 cm³/mol. The fraction of sp³-hybridized carbons (Fsp3) is 0.526. The van der Waals surface area contributed by atoms with Gasteiger partial charge in [0.2, 0.25) is 0 Å². The van der Waals surface area contributed by atoms with Crippen LogP contribution in [0.4, 0.5) is 13.2 Å². The van der Waals surface area contributed by atoms with Crippen LogP contribution in [0.25, 0.3) is 0 Å². The Morgan fingerprint density at radius 1 is 1.33 bits per heavy atom. The minimum atomic E-state index is -5.00. The maximum Gasteiger partial charge on any atom is 0.471 e. The van der Waals surface area contributed by atoms with Crippen molar-refractivity contribution in [2.45, 2.75) is 43.9 Å². The Balaban J connectivity index is 2.16. The number of rotatable bonds is 9. The first-order chi connectivity index (χ1) is 12.9. The van der Waals surface area contributed by atoms with Crippen molar-refractivity contribution in [2.75, 3.05) is 19.8 Å². The molecule has 1 aromatic rings. The first-order valence-electron chi connectivity index (χ1n) is 8.80. The van der Waals surface area contributed by atoms with Crippen molar-refractivity contribution < 1.29 is 32.2 Å². The van der Waals surface area contributed by atoms with Gasteiger partial charge in [0.05, 0.1) is 19.3 Å². The van der Waals surface area contributed by atoms with E-state index in [1.807, 2.05) is 5.32 Å². The molecular formula is C19H24F3NO4. The summed E-state index contributed by atoms with van der Waals surface area (Å²) in [5.41, 5.74) is 0.484. The second-order valence-corrected chi connectivity index (χ2v) is 6.15. The van der Waals surface area contributed by atoms with Crippen LogP contribution in [0, 0.1) is 0 Å². The quantitative estimate of drug-likeness (QED) is 0.659. The van der Waals surface area contributed by atoms with E-state index in [1.165, 1.54) is 6.08 Å². The van der Waals surface area contributed by atoms with Gasteiger partial charge in [-0.1, -0.05) is 36.4 Å². The SMILES string of the molecule is C=CCOC(COC1CCCCO1)C(NC(=O)C(F)(F)F)c1ccccc1. The standard InChI is InChI=1S/C19H24F3NO4/c1-2-11-25-15(13-27-16-10-6-7-12-26-16)17(14-8-4-3-5-9-14)23-18(24)19(20,21)22/h2-5,8-9,15-17H,1,6-7,10-13H2,(H,23,24). The third-order valence-corrected chi connectivity index (χ3v) is 4.09. The largest absolute Gasteiger partial charge is 0.471 e. The number of alkyl halides is 3. The summed E-state index contributed by atoms with van der Waals surface area (Å²) in [6, 6.07) is 7.31. The van der Waals surface area contributed by atoms with Gasteiger partial charge in [-0.25, -0.2) is 0 Å². The fourth-order valence-corrected chi connectivity index (χ4v) is 2.75. The highest BCUT2D eigenvalue weighted by molar-refractivity contribution is 5.82. The van der Waals surface area contributed by atoms with E-state index in [4.69, 9.17) is 14.2 Å². The summed E-state index contributed by atoms with van der Waals surface area (Å²) in [6.45, 7) is 4.21. The molecule has 0 aliphatic carbocycles. The lowest BCUT2D eigenvalue weighted by Gasteiger charge is -2.31. The number of benzene rings is 1. The fourth-order valence-electron chi connectivity index (χ4n) is 2.75. The smallest absolute Gasteiger partial charge is 0.369 e. The number of halogens is 3. The monoisotopic (exact) mass is 387 g/mol. The van der Waals surface area contributed by atoms with Gasteiger partial charge in [0, 0.05) is 6.61 Å². The summed E-state index contributed by atoms with van der Waals surface area (Å²) >= 11 is 0. The van der Waals surface area contributed by atoms with Gasteiger partial charge >= 0.3 is 12.1 Å². The lowest BCUT2D eigenvalue weighted by Crippen LogP contribution is -2.45. The average Bonchev–Trinajstić information content (AvgIpc) is 2.67. The summed E-state index contributed by atoms with van der Waals surface area (Å²) in [4.78, 5) is 11.6.